The Morgan fingerprint density at radius 2 is 2.05 bits per heavy atom. The molecule has 2 rings (SSSR count). The van der Waals surface area contributed by atoms with Gasteiger partial charge in [-0.1, -0.05) is 29.8 Å². The molecule has 1 aromatic carbocycles. The van der Waals surface area contributed by atoms with Crippen molar-refractivity contribution in [2.45, 2.75) is 12.6 Å². The number of hydrogen-bond donors (Lipinski definition) is 2. The third-order valence-corrected chi connectivity index (χ3v) is 3.32. The summed E-state index contributed by atoms with van der Waals surface area (Å²) in [6.45, 7) is 0.742. The first-order valence-electron chi connectivity index (χ1n) is 6.87. The molecule has 0 fully saturated rings. The van der Waals surface area contributed by atoms with Crippen LogP contribution in [-0.2, 0) is 11.3 Å². The van der Waals surface area contributed by atoms with Crippen LogP contribution < -0.4 is 10.6 Å². The molecule has 1 unspecified atom stereocenters. The van der Waals surface area contributed by atoms with Crippen molar-refractivity contribution < 1.29 is 9.53 Å². The Morgan fingerprint density at radius 3 is 2.68 bits per heavy atom. The molecule has 22 heavy (non-hydrogen) atoms. The largest absolute Gasteiger partial charge is 0.382 e. The Kier molecular flexibility index (Phi) is 6.18. The highest BCUT2D eigenvalue weighted by atomic mass is 35.5. The average Bonchev–Trinajstić information content (AvgIpc) is 2.54. The van der Waals surface area contributed by atoms with Gasteiger partial charge in [0.25, 0.3) is 0 Å². The second kappa shape index (κ2) is 8.36. The van der Waals surface area contributed by atoms with Gasteiger partial charge in [-0.25, -0.2) is 4.79 Å². The average molecular weight is 320 g/mol. The van der Waals surface area contributed by atoms with Gasteiger partial charge in [-0.2, -0.15) is 0 Å². The summed E-state index contributed by atoms with van der Waals surface area (Å²) in [7, 11) is 1.59. The van der Waals surface area contributed by atoms with Crippen molar-refractivity contribution in [3.63, 3.8) is 0 Å². The maximum absolute atomic E-state index is 12.0. The summed E-state index contributed by atoms with van der Waals surface area (Å²) in [5.41, 5.74) is 1.73. The van der Waals surface area contributed by atoms with Crippen LogP contribution in [0.1, 0.15) is 17.3 Å². The molecule has 0 bridgehead atoms. The predicted octanol–water partition coefficient (Wildman–Crippen LogP) is 2.92. The van der Waals surface area contributed by atoms with Crippen molar-refractivity contribution in [2.24, 2.45) is 0 Å². The van der Waals surface area contributed by atoms with E-state index in [1.807, 2.05) is 30.3 Å². The fourth-order valence-electron chi connectivity index (χ4n) is 1.97. The number of urea groups is 1. The van der Waals surface area contributed by atoms with Crippen molar-refractivity contribution >= 4 is 17.6 Å². The molecule has 0 aliphatic rings. The number of nitrogens with zero attached hydrogens (tertiary/aromatic N) is 1. The topological polar surface area (TPSA) is 63.2 Å². The summed E-state index contributed by atoms with van der Waals surface area (Å²) in [6, 6.07) is 12.3. The number of methoxy groups -OCH3 is 1. The Balaban J connectivity index is 1.92. The van der Waals surface area contributed by atoms with E-state index in [4.69, 9.17) is 16.3 Å². The zero-order valence-electron chi connectivity index (χ0n) is 12.3. The van der Waals surface area contributed by atoms with Crippen LogP contribution in [-0.4, -0.2) is 24.7 Å². The molecule has 0 radical (unpaired) electrons. The van der Waals surface area contributed by atoms with Gasteiger partial charge in [0.15, 0.2) is 0 Å². The van der Waals surface area contributed by atoms with Crippen molar-refractivity contribution in [1.82, 2.24) is 15.6 Å². The number of ether oxygens (including phenoxy) is 1. The number of benzene rings is 1. The SMILES string of the molecule is COCC(NC(=O)NCc1ccccn1)c1ccc(Cl)cc1. The Labute approximate surface area is 134 Å². The van der Waals surface area contributed by atoms with Crippen LogP contribution in [0, 0.1) is 0 Å². The molecule has 1 aromatic heterocycles. The van der Waals surface area contributed by atoms with E-state index in [2.05, 4.69) is 15.6 Å². The number of rotatable bonds is 6. The minimum absolute atomic E-state index is 0.244. The molecule has 0 aliphatic carbocycles. The van der Waals surface area contributed by atoms with E-state index in [0.717, 1.165) is 11.3 Å². The second-order valence-electron chi connectivity index (χ2n) is 4.71. The highest BCUT2D eigenvalue weighted by molar-refractivity contribution is 6.30. The predicted molar refractivity (Wildman–Crippen MR) is 85.7 cm³/mol. The first-order chi connectivity index (χ1) is 10.7. The highest BCUT2D eigenvalue weighted by Gasteiger charge is 2.14. The molecular formula is C16H18ClN3O2. The van der Waals surface area contributed by atoms with Crippen LogP contribution >= 0.6 is 11.6 Å². The van der Waals surface area contributed by atoms with Gasteiger partial charge < -0.3 is 15.4 Å². The fraction of sp³-hybridized carbons (Fsp3) is 0.250. The third kappa shape index (κ3) is 5.02. The molecule has 1 heterocycles. The number of hydrogen-bond acceptors (Lipinski definition) is 3. The minimum atomic E-state index is -0.275. The minimum Gasteiger partial charge on any atom is -0.382 e. The van der Waals surface area contributed by atoms with Gasteiger partial charge in [0, 0.05) is 18.3 Å². The number of nitrogens with one attached hydrogen (secondary N) is 2. The number of halogens is 1. The molecule has 0 saturated heterocycles. The zero-order chi connectivity index (χ0) is 15.8. The normalized spacial score (nSPS) is 11.7. The molecule has 1 atom stereocenters. The highest BCUT2D eigenvalue weighted by Crippen LogP contribution is 2.16. The lowest BCUT2D eigenvalue weighted by Crippen LogP contribution is -2.39. The Hall–Kier alpha value is -2.11. The second-order valence-corrected chi connectivity index (χ2v) is 5.14. The molecule has 6 heteroatoms. The lowest BCUT2D eigenvalue weighted by atomic mass is 10.1. The van der Waals surface area contributed by atoms with Crippen LogP contribution in [0.15, 0.2) is 48.7 Å². The monoisotopic (exact) mass is 319 g/mol. The van der Waals surface area contributed by atoms with Crippen molar-refractivity contribution in [1.29, 1.82) is 0 Å². The quantitative estimate of drug-likeness (QED) is 0.860. The van der Waals surface area contributed by atoms with Gasteiger partial charge in [-0.05, 0) is 29.8 Å². The summed E-state index contributed by atoms with van der Waals surface area (Å²) in [4.78, 5) is 16.2. The van der Waals surface area contributed by atoms with E-state index in [1.165, 1.54) is 0 Å². The molecule has 5 nitrogen and oxygen atoms in total. The van der Waals surface area contributed by atoms with E-state index >= 15 is 0 Å². The van der Waals surface area contributed by atoms with Gasteiger partial charge in [0.1, 0.15) is 0 Å². The first-order valence-corrected chi connectivity index (χ1v) is 7.25. The summed E-state index contributed by atoms with van der Waals surface area (Å²) in [5, 5.41) is 6.31. The van der Waals surface area contributed by atoms with Crippen LogP contribution in [0.2, 0.25) is 5.02 Å². The van der Waals surface area contributed by atoms with Crippen LogP contribution in [0.25, 0.3) is 0 Å². The Bertz CT molecular complexity index is 590. The first kappa shape index (κ1) is 16.3. The van der Waals surface area contributed by atoms with Gasteiger partial charge in [-0.3, -0.25) is 4.98 Å². The van der Waals surface area contributed by atoms with Crippen molar-refractivity contribution in [3.05, 3.63) is 64.9 Å². The molecule has 2 N–H and O–H groups in total. The number of aromatic nitrogens is 1. The van der Waals surface area contributed by atoms with Crippen molar-refractivity contribution in [3.8, 4) is 0 Å². The maximum atomic E-state index is 12.0. The fourth-order valence-corrected chi connectivity index (χ4v) is 2.09. The lowest BCUT2D eigenvalue weighted by Gasteiger charge is -2.19. The number of carbonyl (C=O) groups excluding carboxylic acids is 1. The van der Waals surface area contributed by atoms with Gasteiger partial charge >= 0.3 is 6.03 Å². The maximum Gasteiger partial charge on any atom is 0.315 e. The summed E-state index contributed by atoms with van der Waals surface area (Å²) in [6.07, 6.45) is 1.69. The van der Waals surface area contributed by atoms with Crippen molar-refractivity contribution in [2.75, 3.05) is 13.7 Å². The number of pyridine rings is 1. The van der Waals surface area contributed by atoms with E-state index in [0.29, 0.717) is 18.2 Å². The molecule has 0 aliphatic heterocycles. The zero-order valence-corrected chi connectivity index (χ0v) is 13.0. The third-order valence-electron chi connectivity index (χ3n) is 3.07. The molecule has 2 amide bonds. The summed E-state index contributed by atoms with van der Waals surface area (Å²) >= 11 is 5.88. The van der Waals surface area contributed by atoms with E-state index in [1.54, 1.807) is 25.4 Å². The van der Waals surface area contributed by atoms with Gasteiger partial charge in [0.05, 0.1) is 24.9 Å². The molecule has 0 spiro atoms. The summed E-state index contributed by atoms with van der Waals surface area (Å²) < 4.78 is 5.16. The van der Waals surface area contributed by atoms with E-state index in [9.17, 15) is 4.79 Å². The van der Waals surface area contributed by atoms with Gasteiger partial charge in [-0.15, -0.1) is 0 Å². The van der Waals surface area contributed by atoms with Crippen LogP contribution in [0.5, 0.6) is 0 Å². The smallest absolute Gasteiger partial charge is 0.315 e. The Morgan fingerprint density at radius 1 is 1.27 bits per heavy atom. The molecule has 116 valence electrons. The van der Waals surface area contributed by atoms with Crippen LogP contribution in [0.3, 0.4) is 0 Å². The standard InChI is InChI=1S/C16H18ClN3O2/c1-22-11-15(12-5-7-13(17)8-6-12)20-16(21)19-10-14-4-2-3-9-18-14/h2-9,15H,10-11H2,1H3,(H2,19,20,21). The van der Waals surface area contributed by atoms with E-state index in [-0.39, 0.29) is 12.1 Å². The van der Waals surface area contributed by atoms with Gasteiger partial charge in [0.2, 0.25) is 0 Å². The molecule has 0 saturated carbocycles. The lowest BCUT2D eigenvalue weighted by molar-refractivity contribution is 0.166. The molecular weight excluding hydrogens is 302 g/mol. The number of carbonyl (C=O) groups is 1. The number of amides is 2. The summed E-state index contributed by atoms with van der Waals surface area (Å²) in [5.74, 6) is 0. The molecule has 2 aromatic rings. The van der Waals surface area contributed by atoms with Crippen LogP contribution in [0.4, 0.5) is 4.79 Å². The van der Waals surface area contributed by atoms with E-state index < -0.39 is 0 Å².